The van der Waals surface area contributed by atoms with Crippen LogP contribution in [0.25, 0.3) is 0 Å². The van der Waals surface area contributed by atoms with Gasteiger partial charge in [-0.15, -0.1) is 0 Å². The Labute approximate surface area is 93.5 Å². The molecule has 1 aromatic carbocycles. The van der Waals surface area contributed by atoms with Crippen molar-refractivity contribution in [1.82, 2.24) is 0 Å². The van der Waals surface area contributed by atoms with Crippen LogP contribution >= 0.6 is 0 Å². The Kier molecular flexibility index (Phi) is 3.13. The van der Waals surface area contributed by atoms with Crippen LogP contribution in [0, 0.1) is 11.7 Å². The topological polar surface area (TPSA) is 34.1 Å². The first-order valence-corrected chi connectivity index (χ1v) is 5.49. The second kappa shape index (κ2) is 4.56. The monoisotopic (exact) mass is 220 g/mol. The Balaban J connectivity index is 2.14. The van der Waals surface area contributed by atoms with Gasteiger partial charge in [-0.3, -0.25) is 9.59 Å². The van der Waals surface area contributed by atoms with Crippen molar-refractivity contribution in [2.75, 3.05) is 0 Å². The molecule has 0 atom stereocenters. The summed E-state index contributed by atoms with van der Waals surface area (Å²) in [6.07, 6.45) is 2.02. The third-order valence-electron chi connectivity index (χ3n) is 3.05. The van der Waals surface area contributed by atoms with Crippen molar-refractivity contribution in [3.63, 3.8) is 0 Å². The molecule has 0 unspecified atom stereocenters. The Bertz CT molecular complexity index is 416. The van der Waals surface area contributed by atoms with E-state index in [0.717, 1.165) is 0 Å². The fraction of sp³-hybridized carbons (Fsp3) is 0.385. The summed E-state index contributed by atoms with van der Waals surface area (Å²) in [7, 11) is 0. The Morgan fingerprint density at radius 1 is 1.19 bits per heavy atom. The maximum absolute atomic E-state index is 13.4. The third-order valence-corrected chi connectivity index (χ3v) is 3.05. The molecule has 2 nitrogen and oxygen atoms in total. The van der Waals surface area contributed by atoms with Crippen LogP contribution in [0.3, 0.4) is 0 Å². The van der Waals surface area contributed by atoms with E-state index in [1.165, 1.54) is 12.1 Å². The first kappa shape index (κ1) is 11.0. The summed E-state index contributed by atoms with van der Waals surface area (Å²) in [6.45, 7) is 0. The van der Waals surface area contributed by atoms with Gasteiger partial charge in [-0.2, -0.15) is 0 Å². The smallest absolute Gasteiger partial charge is 0.168 e. The first-order chi connectivity index (χ1) is 7.68. The minimum Gasteiger partial charge on any atom is -0.300 e. The summed E-state index contributed by atoms with van der Waals surface area (Å²) in [5.74, 6) is -0.609. The SMILES string of the molecule is O=C1CCC(C(=O)c2ccccc2F)CC1. The van der Waals surface area contributed by atoms with Crippen molar-refractivity contribution in [1.29, 1.82) is 0 Å². The lowest BCUT2D eigenvalue weighted by atomic mass is 9.83. The lowest BCUT2D eigenvalue weighted by molar-refractivity contribution is -0.120. The summed E-state index contributed by atoms with van der Waals surface area (Å²) < 4.78 is 13.4. The van der Waals surface area contributed by atoms with E-state index in [1.807, 2.05) is 0 Å². The molecule has 0 saturated heterocycles. The highest BCUT2D eigenvalue weighted by molar-refractivity contribution is 5.99. The molecule has 0 heterocycles. The normalized spacial score (nSPS) is 17.4. The van der Waals surface area contributed by atoms with Gasteiger partial charge in [0.1, 0.15) is 11.6 Å². The zero-order valence-corrected chi connectivity index (χ0v) is 8.91. The number of ketones is 2. The summed E-state index contributed by atoms with van der Waals surface area (Å²) in [4.78, 5) is 23.0. The van der Waals surface area contributed by atoms with Gasteiger partial charge in [0.2, 0.25) is 0 Å². The molecule has 2 rings (SSSR count). The zero-order chi connectivity index (χ0) is 11.5. The molecule has 16 heavy (non-hydrogen) atoms. The van der Waals surface area contributed by atoms with Gasteiger partial charge in [0.05, 0.1) is 5.56 Å². The van der Waals surface area contributed by atoms with Crippen LogP contribution < -0.4 is 0 Å². The van der Waals surface area contributed by atoms with E-state index in [-0.39, 0.29) is 23.0 Å². The van der Waals surface area contributed by atoms with Crippen LogP contribution in [0.15, 0.2) is 24.3 Å². The minimum absolute atomic E-state index is 0.154. The Hall–Kier alpha value is -1.51. The molecule has 0 aliphatic heterocycles. The van der Waals surface area contributed by atoms with Crippen molar-refractivity contribution in [3.8, 4) is 0 Å². The highest BCUT2D eigenvalue weighted by Crippen LogP contribution is 2.25. The highest BCUT2D eigenvalue weighted by Gasteiger charge is 2.26. The summed E-state index contributed by atoms with van der Waals surface area (Å²) in [5.41, 5.74) is 0.154. The molecule has 3 heteroatoms. The van der Waals surface area contributed by atoms with Gasteiger partial charge in [0, 0.05) is 18.8 Å². The lowest BCUT2D eigenvalue weighted by Crippen LogP contribution is -2.22. The van der Waals surface area contributed by atoms with Crippen molar-refractivity contribution in [2.24, 2.45) is 5.92 Å². The predicted octanol–water partition coefficient (Wildman–Crippen LogP) is 2.77. The summed E-state index contributed by atoms with van der Waals surface area (Å²) >= 11 is 0. The minimum atomic E-state index is -0.468. The van der Waals surface area contributed by atoms with Crippen molar-refractivity contribution < 1.29 is 14.0 Å². The summed E-state index contributed by atoms with van der Waals surface area (Å²) in [5, 5.41) is 0. The number of rotatable bonds is 2. The molecular weight excluding hydrogens is 207 g/mol. The largest absolute Gasteiger partial charge is 0.300 e. The number of Topliss-reactive ketones (excluding diaryl/α,β-unsaturated/α-hetero) is 2. The van der Waals surface area contributed by atoms with Gasteiger partial charge in [0.15, 0.2) is 5.78 Å². The average molecular weight is 220 g/mol. The molecule has 1 aliphatic rings. The average Bonchev–Trinajstić information content (AvgIpc) is 2.30. The quantitative estimate of drug-likeness (QED) is 0.718. The van der Waals surface area contributed by atoms with Gasteiger partial charge >= 0.3 is 0 Å². The van der Waals surface area contributed by atoms with Crippen molar-refractivity contribution >= 4 is 11.6 Å². The molecule has 1 saturated carbocycles. The van der Waals surface area contributed by atoms with Gasteiger partial charge in [-0.1, -0.05) is 12.1 Å². The number of hydrogen-bond acceptors (Lipinski definition) is 2. The number of hydrogen-bond donors (Lipinski definition) is 0. The van der Waals surface area contributed by atoms with Gasteiger partial charge in [-0.25, -0.2) is 4.39 Å². The molecule has 1 fully saturated rings. The zero-order valence-electron chi connectivity index (χ0n) is 8.91. The van der Waals surface area contributed by atoms with Crippen LogP contribution in [0.1, 0.15) is 36.0 Å². The van der Waals surface area contributed by atoms with Crippen LogP contribution in [-0.2, 0) is 4.79 Å². The molecule has 0 radical (unpaired) electrons. The van der Waals surface area contributed by atoms with Crippen molar-refractivity contribution in [2.45, 2.75) is 25.7 Å². The van der Waals surface area contributed by atoms with Gasteiger partial charge < -0.3 is 0 Å². The lowest BCUT2D eigenvalue weighted by Gasteiger charge is -2.19. The fourth-order valence-electron chi connectivity index (χ4n) is 2.08. The highest BCUT2D eigenvalue weighted by atomic mass is 19.1. The number of halogens is 1. The van der Waals surface area contributed by atoms with Crippen LogP contribution in [0.5, 0.6) is 0 Å². The number of carbonyl (C=O) groups excluding carboxylic acids is 2. The molecule has 0 amide bonds. The summed E-state index contributed by atoms with van der Waals surface area (Å²) in [6, 6.07) is 6.02. The maximum atomic E-state index is 13.4. The van der Waals surface area contributed by atoms with E-state index in [0.29, 0.717) is 25.7 Å². The standard InChI is InChI=1S/C13H13FO2/c14-12-4-2-1-3-11(12)13(16)9-5-7-10(15)8-6-9/h1-4,9H,5-8H2. The van der Waals surface area contributed by atoms with Gasteiger partial charge in [-0.05, 0) is 25.0 Å². The Morgan fingerprint density at radius 2 is 1.81 bits per heavy atom. The molecule has 1 aliphatic carbocycles. The number of benzene rings is 1. The van der Waals surface area contributed by atoms with Crippen LogP contribution in [0.2, 0.25) is 0 Å². The van der Waals surface area contributed by atoms with Gasteiger partial charge in [0.25, 0.3) is 0 Å². The van der Waals surface area contributed by atoms with E-state index in [1.54, 1.807) is 12.1 Å². The van der Waals surface area contributed by atoms with Crippen LogP contribution in [0.4, 0.5) is 4.39 Å². The molecule has 0 aromatic heterocycles. The second-order valence-corrected chi connectivity index (χ2v) is 4.16. The predicted molar refractivity (Wildman–Crippen MR) is 57.7 cm³/mol. The van der Waals surface area contributed by atoms with Crippen LogP contribution in [-0.4, -0.2) is 11.6 Å². The Morgan fingerprint density at radius 3 is 2.44 bits per heavy atom. The third kappa shape index (κ3) is 2.18. The van der Waals surface area contributed by atoms with E-state index in [9.17, 15) is 14.0 Å². The van der Waals surface area contributed by atoms with Crippen molar-refractivity contribution in [3.05, 3.63) is 35.6 Å². The first-order valence-electron chi connectivity index (χ1n) is 5.49. The second-order valence-electron chi connectivity index (χ2n) is 4.16. The molecule has 0 N–H and O–H groups in total. The van der Waals surface area contributed by atoms with E-state index < -0.39 is 5.82 Å². The molecular formula is C13H13FO2. The maximum Gasteiger partial charge on any atom is 0.168 e. The molecule has 1 aromatic rings. The molecule has 84 valence electrons. The molecule has 0 spiro atoms. The molecule has 0 bridgehead atoms. The van der Waals surface area contributed by atoms with E-state index in [2.05, 4.69) is 0 Å². The number of carbonyl (C=O) groups is 2. The fourth-order valence-corrected chi connectivity index (χ4v) is 2.08. The van der Waals surface area contributed by atoms with E-state index >= 15 is 0 Å². The van der Waals surface area contributed by atoms with E-state index in [4.69, 9.17) is 0 Å².